The molecule has 0 atom stereocenters. The first kappa shape index (κ1) is 24.3. The van der Waals surface area contributed by atoms with E-state index < -0.39 is 10.0 Å². The first-order chi connectivity index (χ1) is 15.4. The van der Waals surface area contributed by atoms with E-state index in [4.69, 9.17) is 9.47 Å². The Morgan fingerprint density at radius 2 is 1.62 bits per heavy atom. The quantitative estimate of drug-likeness (QED) is 0.609. The lowest BCUT2D eigenvalue weighted by Crippen LogP contribution is -2.50. The van der Waals surface area contributed by atoms with Gasteiger partial charge in [0.2, 0.25) is 15.9 Å². The van der Waals surface area contributed by atoms with E-state index in [2.05, 4.69) is 0 Å². The van der Waals surface area contributed by atoms with E-state index in [1.165, 1.54) is 11.4 Å². The second-order valence-corrected chi connectivity index (χ2v) is 9.94. The molecule has 0 aromatic heterocycles. The van der Waals surface area contributed by atoms with Crippen LogP contribution in [0.25, 0.3) is 0 Å². The monoisotopic (exact) mass is 467 g/mol. The molecule has 0 aliphatic carbocycles. The van der Waals surface area contributed by atoms with Gasteiger partial charge in [-0.3, -0.25) is 4.79 Å². The first-order valence-corrected chi connectivity index (χ1v) is 12.7. The second kappa shape index (κ2) is 11.0. The SMILES string of the molecule is CCOC(=O)N1CCN(C(=O)CCc2cc(S(=O)(=O)N3CCCCC3)ccc2OC)CC1. The van der Waals surface area contributed by atoms with Gasteiger partial charge in [0.05, 0.1) is 18.6 Å². The Balaban J connectivity index is 1.62. The van der Waals surface area contributed by atoms with Crippen LogP contribution in [0.1, 0.15) is 38.2 Å². The number of rotatable bonds is 7. The number of nitrogens with zero attached hydrogens (tertiary/aromatic N) is 3. The van der Waals surface area contributed by atoms with Gasteiger partial charge in [-0.1, -0.05) is 6.42 Å². The number of hydrogen-bond acceptors (Lipinski definition) is 6. The summed E-state index contributed by atoms with van der Waals surface area (Å²) >= 11 is 0. The van der Waals surface area contributed by atoms with Gasteiger partial charge in [0, 0.05) is 45.7 Å². The maximum atomic E-state index is 13.0. The minimum absolute atomic E-state index is 0.0279. The summed E-state index contributed by atoms with van der Waals surface area (Å²) in [5.74, 6) is 0.544. The van der Waals surface area contributed by atoms with Gasteiger partial charge in [0.25, 0.3) is 0 Å². The van der Waals surface area contributed by atoms with Crippen molar-refractivity contribution in [1.82, 2.24) is 14.1 Å². The Labute approximate surface area is 190 Å². The van der Waals surface area contributed by atoms with Crippen molar-refractivity contribution < 1.29 is 27.5 Å². The van der Waals surface area contributed by atoms with Crippen molar-refractivity contribution in [2.45, 2.75) is 43.9 Å². The summed E-state index contributed by atoms with van der Waals surface area (Å²) in [6.45, 7) is 4.97. The number of piperazine rings is 1. The summed E-state index contributed by atoms with van der Waals surface area (Å²) in [5.41, 5.74) is 0.698. The number of methoxy groups -OCH3 is 1. The van der Waals surface area contributed by atoms with E-state index in [-0.39, 0.29) is 23.3 Å². The van der Waals surface area contributed by atoms with Crippen LogP contribution in [0.3, 0.4) is 0 Å². The van der Waals surface area contributed by atoms with Crippen LogP contribution in [-0.2, 0) is 26.0 Å². The smallest absolute Gasteiger partial charge is 0.409 e. The zero-order valence-corrected chi connectivity index (χ0v) is 19.7. The molecule has 1 aromatic carbocycles. The molecular formula is C22H33N3O6S. The van der Waals surface area contributed by atoms with Crippen molar-refractivity contribution in [3.05, 3.63) is 23.8 Å². The van der Waals surface area contributed by atoms with Crippen LogP contribution < -0.4 is 4.74 Å². The molecule has 0 unspecified atom stereocenters. The molecule has 0 N–H and O–H groups in total. The van der Waals surface area contributed by atoms with E-state index in [0.717, 1.165) is 19.3 Å². The van der Waals surface area contributed by atoms with Crippen LogP contribution in [0.4, 0.5) is 4.79 Å². The predicted octanol–water partition coefficient (Wildman–Crippen LogP) is 2.10. The molecule has 10 heteroatoms. The van der Waals surface area contributed by atoms with Gasteiger partial charge >= 0.3 is 6.09 Å². The second-order valence-electron chi connectivity index (χ2n) is 8.01. The zero-order chi connectivity index (χ0) is 23.1. The van der Waals surface area contributed by atoms with Gasteiger partial charge in [-0.25, -0.2) is 13.2 Å². The van der Waals surface area contributed by atoms with Crippen molar-refractivity contribution in [1.29, 1.82) is 0 Å². The molecule has 178 valence electrons. The van der Waals surface area contributed by atoms with Crippen LogP contribution >= 0.6 is 0 Å². The van der Waals surface area contributed by atoms with Crippen LogP contribution in [0.15, 0.2) is 23.1 Å². The van der Waals surface area contributed by atoms with E-state index in [9.17, 15) is 18.0 Å². The van der Waals surface area contributed by atoms with Crippen molar-refractivity contribution in [2.24, 2.45) is 0 Å². The van der Waals surface area contributed by atoms with Crippen molar-refractivity contribution >= 4 is 22.0 Å². The lowest BCUT2D eigenvalue weighted by Gasteiger charge is -2.34. The fraction of sp³-hybridized carbons (Fsp3) is 0.636. The predicted molar refractivity (Wildman–Crippen MR) is 119 cm³/mol. The highest BCUT2D eigenvalue weighted by Gasteiger charge is 2.28. The Kier molecular flexibility index (Phi) is 8.36. The Hall–Kier alpha value is -2.33. The normalized spacial score (nSPS) is 17.8. The molecule has 1 aromatic rings. The van der Waals surface area contributed by atoms with Gasteiger partial charge in [-0.2, -0.15) is 4.31 Å². The third-order valence-electron chi connectivity index (χ3n) is 5.97. The average molecular weight is 468 g/mol. The molecule has 2 aliphatic rings. The van der Waals surface area contributed by atoms with Gasteiger partial charge in [0.1, 0.15) is 5.75 Å². The highest BCUT2D eigenvalue weighted by molar-refractivity contribution is 7.89. The molecule has 2 saturated heterocycles. The molecule has 9 nitrogen and oxygen atoms in total. The zero-order valence-electron chi connectivity index (χ0n) is 18.9. The van der Waals surface area contributed by atoms with Crippen molar-refractivity contribution in [2.75, 3.05) is 53.0 Å². The van der Waals surface area contributed by atoms with E-state index in [0.29, 0.717) is 63.6 Å². The van der Waals surface area contributed by atoms with E-state index >= 15 is 0 Å². The third-order valence-corrected chi connectivity index (χ3v) is 7.87. The maximum absolute atomic E-state index is 13.0. The van der Waals surface area contributed by atoms with Gasteiger partial charge in [0.15, 0.2) is 0 Å². The number of sulfonamides is 1. The molecular weight excluding hydrogens is 434 g/mol. The van der Waals surface area contributed by atoms with Gasteiger partial charge < -0.3 is 19.3 Å². The topological polar surface area (TPSA) is 96.5 Å². The van der Waals surface area contributed by atoms with Crippen LogP contribution in [-0.4, -0.2) is 87.5 Å². The molecule has 2 fully saturated rings. The number of benzene rings is 1. The number of amides is 2. The fourth-order valence-electron chi connectivity index (χ4n) is 4.12. The van der Waals surface area contributed by atoms with Crippen molar-refractivity contribution in [3.8, 4) is 5.75 Å². The Bertz CT molecular complexity index is 906. The molecule has 2 heterocycles. The van der Waals surface area contributed by atoms with Crippen molar-refractivity contribution in [3.63, 3.8) is 0 Å². The van der Waals surface area contributed by atoms with Crippen LogP contribution in [0.2, 0.25) is 0 Å². The summed E-state index contributed by atoms with van der Waals surface area (Å²) in [6.07, 6.45) is 3.07. The molecule has 0 bridgehead atoms. The lowest BCUT2D eigenvalue weighted by atomic mass is 10.1. The highest BCUT2D eigenvalue weighted by Crippen LogP contribution is 2.27. The number of ether oxygens (including phenoxy) is 2. The molecule has 0 radical (unpaired) electrons. The molecule has 0 saturated carbocycles. The largest absolute Gasteiger partial charge is 0.496 e. The lowest BCUT2D eigenvalue weighted by molar-refractivity contribution is -0.132. The standard InChI is InChI=1S/C22H33N3O6S/c1-3-31-22(27)24-15-13-23(14-16-24)21(26)10-7-18-17-19(8-9-20(18)30-2)32(28,29)25-11-5-4-6-12-25/h8-9,17H,3-7,10-16H2,1-2H3. The van der Waals surface area contributed by atoms with E-state index in [1.54, 1.807) is 34.9 Å². The highest BCUT2D eigenvalue weighted by atomic mass is 32.2. The maximum Gasteiger partial charge on any atom is 0.409 e. The third kappa shape index (κ3) is 5.72. The molecule has 2 aliphatic heterocycles. The molecule has 2 amide bonds. The minimum Gasteiger partial charge on any atom is -0.496 e. The number of carbonyl (C=O) groups is 2. The average Bonchev–Trinajstić information content (AvgIpc) is 2.83. The number of carbonyl (C=O) groups excluding carboxylic acids is 2. The van der Waals surface area contributed by atoms with Gasteiger partial charge in [-0.15, -0.1) is 0 Å². The number of aryl methyl sites for hydroxylation is 1. The summed E-state index contributed by atoms with van der Waals surface area (Å²) in [4.78, 5) is 28.1. The van der Waals surface area contributed by atoms with E-state index in [1.807, 2.05) is 0 Å². The molecule has 3 rings (SSSR count). The summed E-state index contributed by atoms with van der Waals surface area (Å²) in [5, 5.41) is 0. The Morgan fingerprint density at radius 3 is 2.25 bits per heavy atom. The minimum atomic E-state index is -3.55. The van der Waals surface area contributed by atoms with Crippen LogP contribution in [0.5, 0.6) is 5.75 Å². The van der Waals surface area contributed by atoms with Crippen LogP contribution in [0, 0.1) is 0 Å². The van der Waals surface area contributed by atoms with Gasteiger partial charge in [-0.05, 0) is 49.9 Å². The first-order valence-electron chi connectivity index (χ1n) is 11.2. The summed E-state index contributed by atoms with van der Waals surface area (Å²) in [6, 6.07) is 4.87. The number of hydrogen-bond donors (Lipinski definition) is 0. The number of piperidine rings is 1. The Morgan fingerprint density at radius 1 is 0.969 bits per heavy atom. The molecule has 32 heavy (non-hydrogen) atoms. The molecule has 0 spiro atoms. The summed E-state index contributed by atoms with van der Waals surface area (Å²) in [7, 11) is -2.02. The fourth-order valence-corrected chi connectivity index (χ4v) is 5.69. The summed E-state index contributed by atoms with van der Waals surface area (Å²) < 4.78 is 38.0.